The molecule has 0 spiro atoms. The highest BCUT2D eigenvalue weighted by atomic mass is 32.1. The van der Waals surface area contributed by atoms with Crippen LogP contribution in [0.3, 0.4) is 0 Å². The van der Waals surface area contributed by atoms with E-state index < -0.39 is 0 Å². The zero-order valence-electron chi connectivity index (χ0n) is 12.2. The first-order valence-corrected chi connectivity index (χ1v) is 7.29. The second-order valence-electron chi connectivity index (χ2n) is 4.85. The highest BCUT2D eigenvalue weighted by Gasteiger charge is 2.16. The molecule has 102 valence electrons. The third kappa shape index (κ3) is 2.96. The molecular formula is C15H21N3S. The van der Waals surface area contributed by atoms with Crippen LogP contribution in [-0.2, 0) is 0 Å². The van der Waals surface area contributed by atoms with Crippen LogP contribution >= 0.6 is 11.3 Å². The molecule has 0 aliphatic heterocycles. The van der Waals surface area contributed by atoms with Crippen LogP contribution in [0.15, 0.2) is 24.3 Å². The molecule has 2 rings (SSSR count). The molecule has 0 bridgehead atoms. The van der Waals surface area contributed by atoms with Crippen molar-refractivity contribution in [2.45, 2.75) is 26.8 Å². The predicted octanol–water partition coefficient (Wildman–Crippen LogP) is 3.81. The van der Waals surface area contributed by atoms with Crippen molar-refractivity contribution >= 4 is 22.2 Å². The maximum absolute atomic E-state index is 4.69. The molecule has 19 heavy (non-hydrogen) atoms. The third-order valence-corrected chi connectivity index (χ3v) is 4.74. The number of aryl methyl sites for hydroxylation is 2. The van der Waals surface area contributed by atoms with Crippen molar-refractivity contribution in [1.29, 1.82) is 0 Å². The zero-order chi connectivity index (χ0) is 14.0. The number of nitrogens with zero attached hydrogens (tertiary/aromatic N) is 2. The van der Waals surface area contributed by atoms with E-state index in [-0.39, 0.29) is 0 Å². The molecule has 0 saturated heterocycles. The second-order valence-corrected chi connectivity index (χ2v) is 5.86. The highest BCUT2D eigenvalue weighted by Crippen LogP contribution is 2.33. The average Bonchev–Trinajstić information content (AvgIpc) is 2.79. The van der Waals surface area contributed by atoms with E-state index in [1.54, 1.807) is 11.3 Å². The van der Waals surface area contributed by atoms with E-state index in [9.17, 15) is 0 Å². The molecule has 0 saturated carbocycles. The molecule has 0 fully saturated rings. The summed E-state index contributed by atoms with van der Waals surface area (Å²) in [6.07, 6.45) is 0. The first-order chi connectivity index (χ1) is 9.02. The smallest absolute Gasteiger partial charge is 0.190 e. The minimum absolute atomic E-state index is 0.345. The normalized spacial score (nSPS) is 12.5. The monoisotopic (exact) mass is 275 g/mol. The van der Waals surface area contributed by atoms with Crippen molar-refractivity contribution in [2.75, 3.05) is 19.0 Å². The molecule has 2 aromatic rings. The molecule has 1 N–H and O–H groups in total. The fourth-order valence-electron chi connectivity index (χ4n) is 2.02. The SMILES string of the molecule is CNC(C)c1sc(N(C)c2cccc(C)c2)nc1C. The van der Waals surface area contributed by atoms with E-state index in [0.29, 0.717) is 6.04 Å². The van der Waals surface area contributed by atoms with Gasteiger partial charge in [-0.1, -0.05) is 23.5 Å². The van der Waals surface area contributed by atoms with Crippen molar-refractivity contribution in [1.82, 2.24) is 10.3 Å². The molecule has 0 aliphatic carbocycles. The molecule has 1 aromatic heterocycles. The maximum Gasteiger partial charge on any atom is 0.190 e. The summed E-state index contributed by atoms with van der Waals surface area (Å²) in [7, 11) is 4.05. The fourth-order valence-corrected chi connectivity index (χ4v) is 3.13. The Morgan fingerprint density at radius 3 is 2.68 bits per heavy atom. The standard InChI is InChI=1S/C15H21N3S/c1-10-7-6-8-13(9-10)18(5)15-17-12(3)14(19-15)11(2)16-4/h6-9,11,16H,1-5H3. The topological polar surface area (TPSA) is 28.2 Å². The molecule has 1 heterocycles. The van der Waals surface area contributed by atoms with Gasteiger partial charge in [0.2, 0.25) is 0 Å². The zero-order valence-corrected chi connectivity index (χ0v) is 13.0. The molecule has 1 unspecified atom stereocenters. The summed E-state index contributed by atoms with van der Waals surface area (Å²) < 4.78 is 0. The van der Waals surface area contributed by atoms with Crippen LogP contribution in [0.2, 0.25) is 0 Å². The van der Waals surface area contributed by atoms with Crippen LogP contribution in [0.25, 0.3) is 0 Å². The van der Waals surface area contributed by atoms with E-state index in [1.165, 1.54) is 16.1 Å². The summed E-state index contributed by atoms with van der Waals surface area (Å²) in [5.74, 6) is 0. The minimum Gasteiger partial charge on any atom is -0.321 e. The predicted molar refractivity (Wildman–Crippen MR) is 83.6 cm³/mol. The van der Waals surface area contributed by atoms with Crippen LogP contribution in [0.5, 0.6) is 0 Å². The lowest BCUT2D eigenvalue weighted by Gasteiger charge is -2.16. The first kappa shape index (κ1) is 14.0. The van der Waals surface area contributed by atoms with E-state index >= 15 is 0 Å². The average molecular weight is 275 g/mol. The van der Waals surface area contributed by atoms with Gasteiger partial charge in [-0.15, -0.1) is 0 Å². The number of benzene rings is 1. The Morgan fingerprint density at radius 2 is 2.05 bits per heavy atom. The Bertz CT molecular complexity index is 562. The fraction of sp³-hybridized carbons (Fsp3) is 0.400. The van der Waals surface area contributed by atoms with E-state index in [2.05, 4.69) is 62.3 Å². The molecule has 0 aliphatic rings. The van der Waals surface area contributed by atoms with Gasteiger partial charge >= 0.3 is 0 Å². The van der Waals surface area contributed by atoms with Gasteiger partial charge in [0.25, 0.3) is 0 Å². The molecular weight excluding hydrogens is 254 g/mol. The van der Waals surface area contributed by atoms with Crippen molar-refractivity contribution in [3.05, 3.63) is 40.4 Å². The summed E-state index contributed by atoms with van der Waals surface area (Å²) in [4.78, 5) is 8.14. The number of rotatable bonds is 4. The lowest BCUT2D eigenvalue weighted by molar-refractivity contribution is 0.658. The van der Waals surface area contributed by atoms with Gasteiger partial charge in [0.15, 0.2) is 5.13 Å². The van der Waals surface area contributed by atoms with Crippen molar-refractivity contribution in [3.63, 3.8) is 0 Å². The molecule has 4 heteroatoms. The van der Waals surface area contributed by atoms with Crippen molar-refractivity contribution < 1.29 is 0 Å². The molecule has 1 aromatic carbocycles. The first-order valence-electron chi connectivity index (χ1n) is 6.48. The maximum atomic E-state index is 4.69. The Hall–Kier alpha value is -1.39. The Balaban J connectivity index is 2.32. The van der Waals surface area contributed by atoms with Crippen LogP contribution in [0, 0.1) is 13.8 Å². The Labute approximate surface area is 119 Å². The Kier molecular flexibility index (Phi) is 4.22. The van der Waals surface area contributed by atoms with E-state index in [4.69, 9.17) is 4.98 Å². The van der Waals surface area contributed by atoms with Crippen molar-refractivity contribution in [2.24, 2.45) is 0 Å². The second kappa shape index (κ2) is 5.72. The number of hydrogen-bond donors (Lipinski definition) is 1. The summed E-state index contributed by atoms with van der Waals surface area (Å²) in [5.41, 5.74) is 3.56. The number of hydrogen-bond acceptors (Lipinski definition) is 4. The third-order valence-electron chi connectivity index (χ3n) is 3.32. The van der Waals surface area contributed by atoms with E-state index in [1.807, 2.05) is 7.05 Å². The lowest BCUT2D eigenvalue weighted by Crippen LogP contribution is -2.11. The largest absolute Gasteiger partial charge is 0.321 e. The molecule has 1 atom stereocenters. The van der Waals surface area contributed by atoms with Gasteiger partial charge in [-0.25, -0.2) is 4.98 Å². The number of aromatic nitrogens is 1. The number of nitrogens with one attached hydrogen (secondary N) is 1. The van der Waals surface area contributed by atoms with Gasteiger partial charge in [-0.2, -0.15) is 0 Å². The van der Waals surface area contributed by atoms with Crippen LogP contribution in [0.1, 0.15) is 29.1 Å². The Morgan fingerprint density at radius 1 is 1.32 bits per heavy atom. The van der Waals surface area contributed by atoms with E-state index in [0.717, 1.165) is 10.8 Å². The highest BCUT2D eigenvalue weighted by molar-refractivity contribution is 7.15. The molecule has 0 radical (unpaired) electrons. The quantitative estimate of drug-likeness (QED) is 0.919. The van der Waals surface area contributed by atoms with Crippen LogP contribution < -0.4 is 10.2 Å². The van der Waals surface area contributed by atoms with Gasteiger partial charge in [-0.05, 0) is 45.5 Å². The van der Waals surface area contributed by atoms with Gasteiger partial charge < -0.3 is 10.2 Å². The summed E-state index contributed by atoms with van der Waals surface area (Å²) in [5, 5.41) is 4.32. The number of thiazole rings is 1. The number of anilines is 2. The van der Waals surface area contributed by atoms with Crippen LogP contribution in [0.4, 0.5) is 10.8 Å². The van der Waals surface area contributed by atoms with Gasteiger partial charge in [-0.3, -0.25) is 0 Å². The van der Waals surface area contributed by atoms with Gasteiger partial charge in [0.1, 0.15) is 0 Å². The molecule has 0 amide bonds. The summed E-state index contributed by atoms with van der Waals surface area (Å²) in [6, 6.07) is 8.83. The summed E-state index contributed by atoms with van der Waals surface area (Å²) in [6.45, 7) is 6.35. The summed E-state index contributed by atoms with van der Waals surface area (Å²) >= 11 is 1.75. The molecule has 3 nitrogen and oxygen atoms in total. The van der Waals surface area contributed by atoms with Gasteiger partial charge in [0, 0.05) is 23.7 Å². The van der Waals surface area contributed by atoms with Crippen molar-refractivity contribution in [3.8, 4) is 0 Å². The van der Waals surface area contributed by atoms with Crippen LogP contribution in [-0.4, -0.2) is 19.1 Å². The minimum atomic E-state index is 0.345. The lowest BCUT2D eigenvalue weighted by atomic mass is 10.2. The van der Waals surface area contributed by atoms with Gasteiger partial charge in [0.05, 0.1) is 5.69 Å².